The molecule has 6 nitrogen and oxygen atoms in total. The zero-order chi connectivity index (χ0) is 25.7. The van der Waals surface area contributed by atoms with Crippen LogP contribution in [0.15, 0.2) is 30.3 Å². The van der Waals surface area contributed by atoms with E-state index in [1.54, 1.807) is 0 Å². The van der Waals surface area contributed by atoms with Crippen LogP contribution in [0.4, 0.5) is 13.2 Å². The van der Waals surface area contributed by atoms with Crippen molar-refractivity contribution < 1.29 is 27.9 Å². The molecular formula is C27H32F3N3O3. The van der Waals surface area contributed by atoms with Crippen molar-refractivity contribution in [2.75, 3.05) is 19.6 Å². The summed E-state index contributed by atoms with van der Waals surface area (Å²) in [6.45, 7) is 1.10. The highest BCUT2D eigenvalue weighted by Gasteiger charge is 2.35. The van der Waals surface area contributed by atoms with Crippen LogP contribution in [0.5, 0.6) is 0 Å². The number of aromatic nitrogens is 1. The standard InChI is InChI=1S/C27H32F3N3O3/c28-20-14-19(15-21(29)16-20)25(34)32-24(26(35)36)9-13-33-12-3-10-27(30,17-33)11-8-22-7-6-18-4-1-2-5-23(18)31-22/h6-7,14-16,24H,1-5,8-13,17H2,(H,32,34)(H,35,36)/t24-,27-/m0/s1. The molecule has 2 atom stereocenters. The highest BCUT2D eigenvalue weighted by atomic mass is 19.1. The Morgan fingerprint density at radius 3 is 2.61 bits per heavy atom. The fraction of sp³-hybridized carbons (Fsp3) is 0.519. The summed E-state index contributed by atoms with van der Waals surface area (Å²) in [7, 11) is 0. The van der Waals surface area contributed by atoms with Crippen LogP contribution in [-0.2, 0) is 24.1 Å². The third-order valence-corrected chi connectivity index (χ3v) is 7.13. The molecule has 0 unspecified atom stereocenters. The maximum atomic E-state index is 15.7. The molecular weight excluding hydrogens is 471 g/mol. The number of piperidine rings is 1. The summed E-state index contributed by atoms with van der Waals surface area (Å²) >= 11 is 0. The largest absolute Gasteiger partial charge is 0.480 e. The number of alkyl halides is 1. The molecule has 2 heterocycles. The van der Waals surface area contributed by atoms with Crippen LogP contribution < -0.4 is 5.32 Å². The molecule has 2 aliphatic rings. The minimum atomic E-state index is -1.39. The normalized spacial score (nSPS) is 21.0. The minimum Gasteiger partial charge on any atom is -0.480 e. The number of carbonyl (C=O) groups is 2. The zero-order valence-electron chi connectivity index (χ0n) is 20.2. The van der Waals surface area contributed by atoms with Crippen molar-refractivity contribution in [1.82, 2.24) is 15.2 Å². The average Bonchev–Trinajstić information content (AvgIpc) is 2.84. The highest BCUT2D eigenvalue weighted by Crippen LogP contribution is 2.30. The first-order valence-electron chi connectivity index (χ1n) is 12.6. The molecule has 1 aliphatic carbocycles. The van der Waals surface area contributed by atoms with Gasteiger partial charge in [-0.25, -0.2) is 18.0 Å². The molecule has 1 amide bonds. The predicted octanol–water partition coefficient (Wildman–Crippen LogP) is 4.25. The number of aryl methyl sites for hydroxylation is 3. The molecule has 0 spiro atoms. The topological polar surface area (TPSA) is 82.5 Å². The van der Waals surface area contributed by atoms with Gasteiger partial charge in [0.15, 0.2) is 0 Å². The van der Waals surface area contributed by atoms with Gasteiger partial charge < -0.3 is 15.3 Å². The van der Waals surface area contributed by atoms with E-state index in [-0.39, 0.29) is 25.1 Å². The lowest BCUT2D eigenvalue weighted by atomic mass is 9.88. The molecule has 1 fully saturated rings. The number of likely N-dealkylation sites (tertiary alicyclic amines) is 1. The van der Waals surface area contributed by atoms with Crippen molar-refractivity contribution >= 4 is 11.9 Å². The van der Waals surface area contributed by atoms with Crippen molar-refractivity contribution in [2.24, 2.45) is 0 Å². The van der Waals surface area contributed by atoms with Gasteiger partial charge >= 0.3 is 5.97 Å². The first-order chi connectivity index (χ1) is 17.2. The van der Waals surface area contributed by atoms with E-state index in [9.17, 15) is 23.5 Å². The Labute approximate surface area is 208 Å². The summed E-state index contributed by atoms with van der Waals surface area (Å²) < 4.78 is 42.5. The lowest BCUT2D eigenvalue weighted by Crippen LogP contribution is -2.48. The number of hydrogen-bond donors (Lipinski definition) is 2. The number of benzene rings is 1. The van der Waals surface area contributed by atoms with Crippen LogP contribution in [0.25, 0.3) is 0 Å². The summed E-state index contributed by atoms with van der Waals surface area (Å²) in [6.07, 6.45) is 6.40. The number of hydrogen-bond acceptors (Lipinski definition) is 4. The molecule has 1 saturated heterocycles. The quantitative estimate of drug-likeness (QED) is 0.535. The smallest absolute Gasteiger partial charge is 0.326 e. The summed E-state index contributed by atoms with van der Waals surface area (Å²) in [5.41, 5.74) is 1.66. The molecule has 0 radical (unpaired) electrons. The summed E-state index contributed by atoms with van der Waals surface area (Å²) in [4.78, 5) is 30.7. The van der Waals surface area contributed by atoms with Gasteiger partial charge in [0, 0.05) is 36.1 Å². The van der Waals surface area contributed by atoms with Crippen LogP contribution in [0.1, 0.15) is 65.8 Å². The van der Waals surface area contributed by atoms with Crippen molar-refractivity contribution in [3.05, 3.63) is 64.5 Å². The van der Waals surface area contributed by atoms with Crippen molar-refractivity contribution in [2.45, 2.75) is 69.5 Å². The van der Waals surface area contributed by atoms with E-state index in [0.717, 1.165) is 42.8 Å². The van der Waals surface area contributed by atoms with Gasteiger partial charge in [-0.05, 0) is 88.1 Å². The second-order valence-electron chi connectivity index (χ2n) is 9.96. The lowest BCUT2D eigenvalue weighted by molar-refractivity contribution is -0.139. The Bertz CT molecular complexity index is 1090. The number of halogens is 3. The van der Waals surface area contributed by atoms with Gasteiger partial charge in [-0.3, -0.25) is 9.78 Å². The summed E-state index contributed by atoms with van der Waals surface area (Å²) in [5, 5.41) is 11.9. The fourth-order valence-electron chi connectivity index (χ4n) is 5.19. The maximum Gasteiger partial charge on any atom is 0.326 e. The number of carboxylic acid groups (broad SMARTS) is 1. The van der Waals surface area contributed by atoms with Crippen LogP contribution in [0.2, 0.25) is 0 Å². The van der Waals surface area contributed by atoms with Crippen LogP contribution >= 0.6 is 0 Å². The predicted molar refractivity (Wildman–Crippen MR) is 129 cm³/mol. The van der Waals surface area contributed by atoms with Gasteiger partial charge in [-0.2, -0.15) is 0 Å². The number of fused-ring (bicyclic) bond motifs is 1. The molecule has 0 saturated carbocycles. The van der Waals surface area contributed by atoms with Crippen molar-refractivity contribution in [3.8, 4) is 0 Å². The number of rotatable bonds is 9. The van der Waals surface area contributed by atoms with Crippen LogP contribution in [0.3, 0.4) is 0 Å². The van der Waals surface area contributed by atoms with Crippen LogP contribution in [-0.4, -0.2) is 58.2 Å². The Balaban J connectivity index is 1.30. The Morgan fingerprint density at radius 1 is 1.11 bits per heavy atom. The second kappa shape index (κ2) is 11.4. The molecule has 1 aliphatic heterocycles. The molecule has 2 aromatic rings. The second-order valence-corrected chi connectivity index (χ2v) is 9.96. The van der Waals surface area contributed by atoms with E-state index >= 15 is 4.39 Å². The van der Waals surface area contributed by atoms with Gasteiger partial charge in [0.2, 0.25) is 0 Å². The fourth-order valence-corrected chi connectivity index (χ4v) is 5.19. The molecule has 4 rings (SSSR count). The molecule has 194 valence electrons. The number of amides is 1. The molecule has 36 heavy (non-hydrogen) atoms. The van der Waals surface area contributed by atoms with Gasteiger partial charge in [0.1, 0.15) is 23.3 Å². The van der Waals surface area contributed by atoms with E-state index in [2.05, 4.69) is 11.4 Å². The molecule has 9 heteroatoms. The van der Waals surface area contributed by atoms with Crippen molar-refractivity contribution in [3.63, 3.8) is 0 Å². The molecule has 1 aromatic carbocycles. The third kappa shape index (κ3) is 6.84. The van der Waals surface area contributed by atoms with Gasteiger partial charge in [-0.1, -0.05) is 6.07 Å². The molecule has 2 N–H and O–H groups in total. The highest BCUT2D eigenvalue weighted by molar-refractivity contribution is 5.96. The maximum absolute atomic E-state index is 15.7. The first kappa shape index (κ1) is 26.1. The number of nitrogens with one attached hydrogen (secondary N) is 1. The number of nitrogens with zero attached hydrogens (tertiary/aromatic N) is 2. The number of aliphatic carboxylic acids is 1. The number of carboxylic acids is 1. The number of pyridine rings is 1. The van der Waals surface area contributed by atoms with Gasteiger partial charge in [0.25, 0.3) is 5.91 Å². The third-order valence-electron chi connectivity index (χ3n) is 7.13. The molecule has 1 aromatic heterocycles. The van der Waals surface area contributed by atoms with E-state index in [0.29, 0.717) is 38.3 Å². The molecule has 0 bridgehead atoms. The Hall–Kier alpha value is -2.94. The zero-order valence-corrected chi connectivity index (χ0v) is 20.2. The SMILES string of the molecule is O=C(N[C@@H](CCN1CCC[C@](F)(CCc2ccc3c(n2)CCCC3)C1)C(=O)O)c1cc(F)cc(F)c1. The van der Waals surface area contributed by atoms with Crippen molar-refractivity contribution in [1.29, 1.82) is 0 Å². The van der Waals surface area contributed by atoms with E-state index < -0.39 is 35.2 Å². The van der Waals surface area contributed by atoms with E-state index in [1.165, 1.54) is 12.0 Å². The van der Waals surface area contributed by atoms with Gasteiger partial charge in [0.05, 0.1) is 0 Å². The van der Waals surface area contributed by atoms with Gasteiger partial charge in [-0.15, -0.1) is 0 Å². The minimum absolute atomic E-state index is 0.0430. The Morgan fingerprint density at radius 2 is 1.86 bits per heavy atom. The monoisotopic (exact) mass is 503 g/mol. The lowest BCUT2D eigenvalue weighted by Gasteiger charge is -2.38. The number of carbonyl (C=O) groups excluding carboxylic acids is 1. The summed E-state index contributed by atoms with van der Waals surface area (Å²) in [5.74, 6) is -3.99. The average molecular weight is 504 g/mol. The van der Waals surface area contributed by atoms with Crippen LogP contribution in [0, 0.1) is 11.6 Å². The van der Waals surface area contributed by atoms with E-state index in [1.807, 2.05) is 11.0 Å². The summed E-state index contributed by atoms with van der Waals surface area (Å²) in [6, 6.07) is 5.17. The first-order valence-corrected chi connectivity index (χ1v) is 12.6. The van der Waals surface area contributed by atoms with E-state index in [4.69, 9.17) is 4.98 Å². The Kier molecular flexibility index (Phi) is 8.28.